The predicted octanol–water partition coefficient (Wildman–Crippen LogP) is 0.213. The van der Waals surface area contributed by atoms with E-state index in [1.165, 1.54) is 0 Å². The van der Waals surface area contributed by atoms with Crippen molar-refractivity contribution in [3.8, 4) is 0 Å². The molecule has 2 unspecified atom stereocenters. The number of aliphatic carboxylic acids is 1. The molecule has 0 spiro atoms. The third-order valence-electron chi connectivity index (χ3n) is 2.82. The van der Waals surface area contributed by atoms with Gasteiger partial charge in [-0.2, -0.15) is 0 Å². The van der Waals surface area contributed by atoms with Gasteiger partial charge in [0.1, 0.15) is 0 Å². The molecule has 0 aliphatic carbocycles. The molecule has 0 aromatic carbocycles. The molecule has 1 saturated heterocycles. The molecule has 92 valence electrons. The molecule has 5 nitrogen and oxygen atoms in total. The van der Waals surface area contributed by atoms with Crippen molar-refractivity contribution in [3.05, 3.63) is 0 Å². The quantitative estimate of drug-likeness (QED) is 0.628. The fraction of sp³-hybridized carbons (Fsp3) is 0.818. The van der Waals surface area contributed by atoms with E-state index in [1.807, 2.05) is 6.92 Å². The van der Waals surface area contributed by atoms with E-state index in [-0.39, 0.29) is 24.2 Å². The molecule has 1 aliphatic heterocycles. The van der Waals surface area contributed by atoms with Gasteiger partial charge in [-0.3, -0.25) is 9.59 Å². The number of amides is 1. The number of nitrogens with one attached hydrogen (secondary N) is 2. The Morgan fingerprint density at radius 2 is 2.31 bits per heavy atom. The average molecular weight is 228 g/mol. The monoisotopic (exact) mass is 228 g/mol. The van der Waals surface area contributed by atoms with Gasteiger partial charge in [0.05, 0.1) is 5.92 Å². The van der Waals surface area contributed by atoms with Crippen LogP contribution in [0.4, 0.5) is 0 Å². The van der Waals surface area contributed by atoms with Gasteiger partial charge in [0.25, 0.3) is 0 Å². The summed E-state index contributed by atoms with van der Waals surface area (Å²) in [6.45, 7) is 3.99. The number of carbonyl (C=O) groups excluding carboxylic acids is 1. The lowest BCUT2D eigenvalue weighted by molar-refractivity contribution is -0.138. The summed E-state index contributed by atoms with van der Waals surface area (Å²) in [6.07, 6.45) is 2.05. The lowest BCUT2D eigenvalue weighted by atomic mass is 9.98. The van der Waals surface area contributed by atoms with Gasteiger partial charge in [0.15, 0.2) is 0 Å². The second-order valence-electron chi connectivity index (χ2n) is 4.49. The van der Waals surface area contributed by atoms with Gasteiger partial charge in [0.2, 0.25) is 5.91 Å². The first kappa shape index (κ1) is 13.0. The van der Waals surface area contributed by atoms with Crippen molar-refractivity contribution in [3.63, 3.8) is 0 Å². The first-order chi connectivity index (χ1) is 7.59. The van der Waals surface area contributed by atoms with E-state index in [4.69, 9.17) is 5.11 Å². The summed E-state index contributed by atoms with van der Waals surface area (Å²) in [5.41, 5.74) is 0. The minimum Gasteiger partial charge on any atom is -0.481 e. The van der Waals surface area contributed by atoms with Crippen LogP contribution in [0.3, 0.4) is 0 Å². The molecule has 2 atom stereocenters. The Hall–Kier alpha value is -1.10. The summed E-state index contributed by atoms with van der Waals surface area (Å²) in [5.74, 6) is -0.741. The Morgan fingerprint density at radius 3 is 2.88 bits per heavy atom. The molecule has 0 saturated carbocycles. The largest absolute Gasteiger partial charge is 0.481 e. The first-order valence-electron chi connectivity index (χ1n) is 5.80. The number of hydrogen-bond acceptors (Lipinski definition) is 3. The predicted molar refractivity (Wildman–Crippen MR) is 60.0 cm³/mol. The molecule has 5 heteroatoms. The van der Waals surface area contributed by atoms with Crippen LogP contribution in [0, 0.1) is 11.8 Å². The maximum Gasteiger partial charge on any atom is 0.303 e. The molecular weight excluding hydrogens is 208 g/mol. The fourth-order valence-electron chi connectivity index (χ4n) is 1.87. The lowest BCUT2D eigenvalue weighted by Gasteiger charge is -2.22. The van der Waals surface area contributed by atoms with Gasteiger partial charge >= 0.3 is 5.97 Å². The Bertz CT molecular complexity index is 250. The molecule has 1 heterocycles. The summed E-state index contributed by atoms with van der Waals surface area (Å²) in [5, 5.41) is 14.6. The maximum atomic E-state index is 11.7. The van der Waals surface area contributed by atoms with Gasteiger partial charge in [-0.05, 0) is 25.3 Å². The van der Waals surface area contributed by atoms with Gasteiger partial charge in [-0.25, -0.2) is 0 Å². The topological polar surface area (TPSA) is 78.4 Å². The van der Waals surface area contributed by atoms with E-state index in [1.54, 1.807) is 0 Å². The van der Waals surface area contributed by atoms with Crippen molar-refractivity contribution in [2.45, 2.75) is 26.2 Å². The highest BCUT2D eigenvalue weighted by atomic mass is 16.4. The minimum atomic E-state index is -0.818. The molecule has 0 aromatic rings. The molecule has 1 rings (SSSR count). The van der Waals surface area contributed by atoms with Crippen LogP contribution in [0.2, 0.25) is 0 Å². The Kier molecular flexibility index (Phi) is 5.25. The number of carbonyl (C=O) groups is 2. The Labute approximate surface area is 95.6 Å². The van der Waals surface area contributed by atoms with E-state index < -0.39 is 5.97 Å². The molecule has 0 aromatic heterocycles. The van der Waals surface area contributed by atoms with Crippen molar-refractivity contribution in [1.82, 2.24) is 10.6 Å². The highest BCUT2D eigenvalue weighted by Gasteiger charge is 2.21. The average Bonchev–Trinajstić information content (AvgIpc) is 2.26. The van der Waals surface area contributed by atoms with Gasteiger partial charge in [-0.1, -0.05) is 6.92 Å². The molecule has 0 bridgehead atoms. The van der Waals surface area contributed by atoms with Crippen molar-refractivity contribution >= 4 is 11.9 Å². The van der Waals surface area contributed by atoms with Crippen LogP contribution in [-0.2, 0) is 9.59 Å². The Morgan fingerprint density at radius 1 is 1.56 bits per heavy atom. The van der Waals surface area contributed by atoms with E-state index in [9.17, 15) is 9.59 Å². The molecule has 0 radical (unpaired) electrons. The van der Waals surface area contributed by atoms with Crippen LogP contribution in [-0.4, -0.2) is 36.6 Å². The summed E-state index contributed by atoms with van der Waals surface area (Å²) < 4.78 is 0. The molecule has 3 N–H and O–H groups in total. The van der Waals surface area contributed by atoms with Crippen molar-refractivity contribution in [1.29, 1.82) is 0 Å². The van der Waals surface area contributed by atoms with Crippen LogP contribution in [0.25, 0.3) is 0 Å². The maximum absolute atomic E-state index is 11.7. The first-order valence-corrected chi connectivity index (χ1v) is 5.80. The number of carboxylic acids is 1. The van der Waals surface area contributed by atoms with Crippen LogP contribution < -0.4 is 10.6 Å². The molecule has 1 amide bonds. The molecule has 1 fully saturated rings. The highest BCUT2D eigenvalue weighted by molar-refractivity contribution is 5.79. The zero-order chi connectivity index (χ0) is 12.0. The summed E-state index contributed by atoms with van der Waals surface area (Å²) in [4.78, 5) is 22.1. The molecular formula is C11H20N2O3. The number of piperidine rings is 1. The lowest BCUT2D eigenvalue weighted by Crippen LogP contribution is -2.41. The number of rotatable bonds is 5. The number of hydrogen-bond donors (Lipinski definition) is 3. The van der Waals surface area contributed by atoms with Crippen LogP contribution in [0.5, 0.6) is 0 Å². The second kappa shape index (κ2) is 6.48. The molecule has 16 heavy (non-hydrogen) atoms. The zero-order valence-electron chi connectivity index (χ0n) is 9.66. The van der Waals surface area contributed by atoms with Gasteiger partial charge in [-0.15, -0.1) is 0 Å². The number of carboxylic acid groups (broad SMARTS) is 1. The fourth-order valence-corrected chi connectivity index (χ4v) is 1.87. The second-order valence-corrected chi connectivity index (χ2v) is 4.49. The highest BCUT2D eigenvalue weighted by Crippen LogP contribution is 2.10. The van der Waals surface area contributed by atoms with Crippen LogP contribution >= 0.6 is 0 Å². The zero-order valence-corrected chi connectivity index (χ0v) is 9.66. The third-order valence-corrected chi connectivity index (χ3v) is 2.82. The van der Waals surface area contributed by atoms with Gasteiger partial charge < -0.3 is 15.7 Å². The van der Waals surface area contributed by atoms with E-state index in [2.05, 4.69) is 10.6 Å². The minimum absolute atomic E-state index is 0.0157. The van der Waals surface area contributed by atoms with Crippen LogP contribution in [0.1, 0.15) is 26.2 Å². The van der Waals surface area contributed by atoms with Crippen molar-refractivity contribution in [2.24, 2.45) is 11.8 Å². The standard InChI is InChI=1S/C11H20N2O3/c1-8(5-10(14)15)6-13-11(16)9-3-2-4-12-7-9/h8-9,12H,2-7H2,1H3,(H,13,16)(H,14,15). The van der Waals surface area contributed by atoms with Crippen molar-refractivity contribution < 1.29 is 14.7 Å². The van der Waals surface area contributed by atoms with Crippen molar-refractivity contribution in [2.75, 3.05) is 19.6 Å². The Balaban J connectivity index is 2.20. The summed E-state index contributed by atoms with van der Waals surface area (Å²) in [7, 11) is 0. The normalized spacial score (nSPS) is 22.4. The van der Waals surface area contributed by atoms with E-state index in [0.717, 1.165) is 25.9 Å². The van der Waals surface area contributed by atoms with E-state index >= 15 is 0 Å². The van der Waals surface area contributed by atoms with Crippen LogP contribution in [0.15, 0.2) is 0 Å². The van der Waals surface area contributed by atoms with Gasteiger partial charge in [0, 0.05) is 19.5 Å². The SMILES string of the molecule is CC(CNC(=O)C1CCCNC1)CC(=O)O. The van der Waals surface area contributed by atoms with E-state index in [0.29, 0.717) is 6.54 Å². The summed E-state index contributed by atoms with van der Waals surface area (Å²) >= 11 is 0. The smallest absolute Gasteiger partial charge is 0.303 e. The molecule has 1 aliphatic rings. The summed E-state index contributed by atoms with van der Waals surface area (Å²) in [6, 6.07) is 0. The third kappa shape index (κ3) is 4.61.